The summed E-state index contributed by atoms with van der Waals surface area (Å²) in [7, 11) is 0. The molecule has 0 aromatic heterocycles. The van der Waals surface area contributed by atoms with Gasteiger partial charge in [-0.15, -0.1) is 0 Å². The quantitative estimate of drug-likeness (QED) is 0.455. The Kier molecular flexibility index (Phi) is 12.0. The van der Waals surface area contributed by atoms with Gasteiger partial charge >= 0.3 is 0 Å². The summed E-state index contributed by atoms with van der Waals surface area (Å²) in [6.45, 7) is 10.1. The van der Waals surface area contributed by atoms with E-state index in [1.54, 1.807) is 0 Å². The highest BCUT2D eigenvalue weighted by atomic mass is 16.5. The van der Waals surface area contributed by atoms with Gasteiger partial charge < -0.3 is 4.74 Å². The van der Waals surface area contributed by atoms with E-state index < -0.39 is 0 Å². The fourth-order valence-electron chi connectivity index (χ4n) is 1.58. The SMILES string of the molecule is [CH2]CCCCCCCCCOCC(C)C. The molecular formula is C14H29O. The van der Waals surface area contributed by atoms with Gasteiger partial charge in [0.1, 0.15) is 0 Å². The summed E-state index contributed by atoms with van der Waals surface area (Å²) in [5, 5.41) is 0. The fourth-order valence-corrected chi connectivity index (χ4v) is 1.58. The van der Waals surface area contributed by atoms with Crippen LogP contribution in [0, 0.1) is 12.8 Å². The first-order valence-corrected chi connectivity index (χ1v) is 6.64. The smallest absolute Gasteiger partial charge is 0.0488 e. The highest BCUT2D eigenvalue weighted by molar-refractivity contribution is 4.47. The van der Waals surface area contributed by atoms with Gasteiger partial charge in [0.2, 0.25) is 0 Å². The van der Waals surface area contributed by atoms with E-state index in [1.165, 1.54) is 44.9 Å². The zero-order chi connectivity index (χ0) is 11.4. The van der Waals surface area contributed by atoms with Gasteiger partial charge in [-0.3, -0.25) is 0 Å². The van der Waals surface area contributed by atoms with E-state index in [1.807, 2.05) is 0 Å². The summed E-state index contributed by atoms with van der Waals surface area (Å²) in [5.74, 6) is 0.674. The molecule has 0 spiro atoms. The summed E-state index contributed by atoms with van der Waals surface area (Å²) >= 11 is 0. The van der Waals surface area contributed by atoms with Crippen molar-refractivity contribution in [2.45, 2.75) is 65.2 Å². The maximum absolute atomic E-state index is 5.53. The van der Waals surface area contributed by atoms with Gasteiger partial charge in [0.15, 0.2) is 0 Å². The van der Waals surface area contributed by atoms with Crippen molar-refractivity contribution < 1.29 is 4.74 Å². The van der Waals surface area contributed by atoms with Crippen molar-refractivity contribution in [3.05, 3.63) is 6.92 Å². The maximum Gasteiger partial charge on any atom is 0.0488 e. The molecule has 0 aliphatic heterocycles. The van der Waals surface area contributed by atoms with Crippen LogP contribution in [0.1, 0.15) is 65.2 Å². The number of rotatable bonds is 11. The van der Waals surface area contributed by atoms with Gasteiger partial charge in [0.05, 0.1) is 0 Å². The predicted octanol–water partition coefficient (Wildman–Crippen LogP) is 4.61. The van der Waals surface area contributed by atoms with Crippen LogP contribution in [-0.4, -0.2) is 13.2 Å². The average Bonchev–Trinajstić information content (AvgIpc) is 2.20. The van der Waals surface area contributed by atoms with Crippen molar-refractivity contribution >= 4 is 0 Å². The molecule has 1 radical (unpaired) electrons. The van der Waals surface area contributed by atoms with Crippen LogP contribution in [-0.2, 0) is 4.74 Å². The Hall–Kier alpha value is -0.0400. The van der Waals surface area contributed by atoms with Crippen molar-refractivity contribution in [3.8, 4) is 0 Å². The molecule has 0 saturated carbocycles. The molecule has 0 aliphatic carbocycles. The van der Waals surface area contributed by atoms with Crippen LogP contribution >= 0.6 is 0 Å². The Morgan fingerprint density at radius 1 is 0.867 bits per heavy atom. The molecule has 91 valence electrons. The molecule has 0 heterocycles. The summed E-state index contributed by atoms with van der Waals surface area (Å²) in [6, 6.07) is 0. The van der Waals surface area contributed by atoms with Gasteiger partial charge in [0, 0.05) is 13.2 Å². The Morgan fingerprint density at radius 3 is 1.93 bits per heavy atom. The van der Waals surface area contributed by atoms with Crippen LogP contribution in [0.25, 0.3) is 0 Å². The van der Waals surface area contributed by atoms with E-state index in [9.17, 15) is 0 Å². The van der Waals surface area contributed by atoms with E-state index in [-0.39, 0.29) is 0 Å². The van der Waals surface area contributed by atoms with Crippen LogP contribution < -0.4 is 0 Å². The van der Waals surface area contributed by atoms with E-state index in [2.05, 4.69) is 20.8 Å². The van der Waals surface area contributed by atoms with Gasteiger partial charge in [-0.2, -0.15) is 0 Å². The molecule has 0 N–H and O–H groups in total. The molecular weight excluding hydrogens is 184 g/mol. The van der Waals surface area contributed by atoms with Gasteiger partial charge in [0.25, 0.3) is 0 Å². The summed E-state index contributed by atoms with van der Waals surface area (Å²) in [6.07, 6.45) is 10.5. The molecule has 0 rings (SSSR count). The summed E-state index contributed by atoms with van der Waals surface area (Å²) < 4.78 is 5.53. The molecule has 0 amide bonds. The van der Waals surface area contributed by atoms with Crippen LogP contribution in [0.15, 0.2) is 0 Å². The maximum atomic E-state index is 5.53. The Morgan fingerprint density at radius 2 is 1.40 bits per heavy atom. The number of hydrogen-bond acceptors (Lipinski definition) is 1. The van der Waals surface area contributed by atoms with E-state index in [4.69, 9.17) is 4.74 Å². The Balaban J connectivity index is 2.87. The third kappa shape index (κ3) is 14.0. The summed E-state index contributed by atoms with van der Waals surface area (Å²) in [5.41, 5.74) is 0. The minimum absolute atomic E-state index is 0.674. The minimum atomic E-state index is 0.674. The van der Waals surface area contributed by atoms with Crippen molar-refractivity contribution in [2.75, 3.05) is 13.2 Å². The first-order chi connectivity index (χ1) is 7.27. The van der Waals surface area contributed by atoms with E-state index in [0.29, 0.717) is 5.92 Å². The Bertz CT molecular complexity index is 110. The second-order valence-electron chi connectivity index (χ2n) is 4.80. The monoisotopic (exact) mass is 213 g/mol. The molecule has 0 fully saturated rings. The average molecular weight is 213 g/mol. The lowest BCUT2D eigenvalue weighted by Gasteiger charge is -2.06. The molecule has 0 unspecified atom stereocenters. The van der Waals surface area contributed by atoms with Gasteiger partial charge in [-0.05, 0) is 12.3 Å². The van der Waals surface area contributed by atoms with Crippen LogP contribution in [0.4, 0.5) is 0 Å². The molecule has 0 aromatic rings. The Labute approximate surface area is 96.6 Å². The van der Waals surface area contributed by atoms with Crippen molar-refractivity contribution in [1.29, 1.82) is 0 Å². The largest absolute Gasteiger partial charge is 0.381 e. The molecule has 15 heavy (non-hydrogen) atoms. The van der Waals surface area contributed by atoms with Crippen LogP contribution in [0.3, 0.4) is 0 Å². The van der Waals surface area contributed by atoms with Crippen molar-refractivity contribution in [3.63, 3.8) is 0 Å². The van der Waals surface area contributed by atoms with Crippen LogP contribution in [0.2, 0.25) is 0 Å². The minimum Gasteiger partial charge on any atom is -0.381 e. The molecule has 0 bridgehead atoms. The third-order valence-corrected chi connectivity index (χ3v) is 2.49. The van der Waals surface area contributed by atoms with E-state index >= 15 is 0 Å². The summed E-state index contributed by atoms with van der Waals surface area (Å²) in [4.78, 5) is 0. The lowest BCUT2D eigenvalue weighted by atomic mass is 10.1. The zero-order valence-electron chi connectivity index (χ0n) is 10.8. The third-order valence-electron chi connectivity index (χ3n) is 2.49. The van der Waals surface area contributed by atoms with Gasteiger partial charge in [-0.1, -0.05) is 65.7 Å². The first kappa shape index (κ1) is 15.0. The lowest BCUT2D eigenvalue weighted by molar-refractivity contribution is 0.106. The van der Waals surface area contributed by atoms with Crippen molar-refractivity contribution in [2.24, 2.45) is 5.92 Å². The molecule has 0 saturated heterocycles. The molecule has 0 atom stereocenters. The fraction of sp³-hybridized carbons (Fsp3) is 0.929. The van der Waals surface area contributed by atoms with Crippen molar-refractivity contribution in [1.82, 2.24) is 0 Å². The number of hydrogen-bond donors (Lipinski definition) is 0. The molecule has 1 heteroatoms. The molecule has 0 aliphatic rings. The molecule has 0 aromatic carbocycles. The topological polar surface area (TPSA) is 9.23 Å². The number of ether oxygens (including phenoxy) is 1. The predicted molar refractivity (Wildman–Crippen MR) is 68.0 cm³/mol. The molecule has 1 nitrogen and oxygen atoms in total. The van der Waals surface area contributed by atoms with Gasteiger partial charge in [-0.25, -0.2) is 0 Å². The standard InChI is InChI=1S/C14H29O/c1-4-5-6-7-8-9-10-11-12-15-13-14(2)3/h14H,1,4-13H2,2-3H3. The second-order valence-corrected chi connectivity index (χ2v) is 4.80. The normalized spacial score (nSPS) is 11.2. The van der Waals surface area contributed by atoms with E-state index in [0.717, 1.165) is 19.6 Å². The number of unbranched alkanes of at least 4 members (excludes halogenated alkanes) is 7. The highest BCUT2D eigenvalue weighted by Crippen LogP contribution is 2.08. The highest BCUT2D eigenvalue weighted by Gasteiger charge is 1.94. The zero-order valence-corrected chi connectivity index (χ0v) is 10.8. The first-order valence-electron chi connectivity index (χ1n) is 6.64. The second kappa shape index (κ2) is 12.0. The van der Waals surface area contributed by atoms with Crippen LogP contribution in [0.5, 0.6) is 0 Å². The lowest BCUT2D eigenvalue weighted by Crippen LogP contribution is -2.02.